The molecule has 0 unspecified atom stereocenters. The third-order valence-electron chi connectivity index (χ3n) is 3.13. The van der Waals surface area contributed by atoms with Crippen molar-refractivity contribution in [1.29, 1.82) is 0 Å². The average Bonchev–Trinajstić information content (AvgIpc) is 2.09. The topological polar surface area (TPSA) is 32.3 Å². The zero-order valence-corrected chi connectivity index (χ0v) is 9.14. The Kier molecular flexibility index (Phi) is 3.74. The Hall–Kier alpha value is -0.0800. The standard InChI is InChI=1S/C11H23NO/c1-9(2)12-11(8-13)6-4-10(3)5-7-11/h9-10,12-13H,4-8H2,1-3H3. The molecule has 1 rings (SSSR count). The van der Waals surface area contributed by atoms with E-state index < -0.39 is 0 Å². The normalized spacial score (nSPS) is 35.3. The highest BCUT2D eigenvalue weighted by molar-refractivity contribution is 4.92. The molecule has 0 atom stereocenters. The maximum Gasteiger partial charge on any atom is 0.0613 e. The lowest BCUT2D eigenvalue weighted by Gasteiger charge is -2.40. The van der Waals surface area contributed by atoms with Crippen LogP contribution in [0.3, 0.4) is 0 Å². The summed E-state index contributed by atoms with van der Waals surface area (Å²) in [5.41, 5.74) is 0.0284. The maximum absolute atomic E-state index is 9.41. The van der Waals surface area contributed by atoms with Crippen LogP contribution in [0.25, 0.3) is 0 Å². The molecule has 1 fully saturated rings. The number of rotatable bonds is 3. The van der Waals surface area contributed by atoms with Crippen LogP contribution in [0.1, 0.15) is 46.5 Å². The van der Waals surface area contributed by atoms with Gasteiger partial charge in [0.05, 0.1) is 6.61 Å². The molecule has 0 aromatic rings. The Balaban J connectivity index is 2.50. The first-order valence-corrected chi connectivity index (χ1v) is 5.46. The number of hydrogen-bond acceptors (Lipinski definition) is 2. The first-order valence-electron chi connectivity index (χ1n) is 5.46. The summed E-state index contributed by atoms with van der Waals surface area (Å²) in [4.78, 5) is 0. The van der Waals surface area contributed by atoms with Crippen molar-refractivity contribution < 1.29 is 5.11 Å². The van der Waals surface area contributed by atoms with Crippen molar-refractivity contribution in [1.82, 2.24) is 5.32 Å². The monoisotopic (exact) mass is 185 g/mol. The minimum atomic E-state index is 0.0284. The van der Waals surface area contributed by atoms with Crippen molar-refractivity contribution in [3.05, 3.63) is 0 Å². The van der Waals surface area contributed by atoms with Crippen LogP contribution in [0.4, 0.5) is 0 Å². The predicted octanol–water partition coefficient (Wildman–Crippen LogP) is 1.93. The molecule has 0 bridgehead atoms. The van der Waals surface area contributed by atoms with Crippen molar-refractivity contribution in [3.8, 4) is 0 Å². The second-order valence-corrected chi connectivity index (χ2v) is 4.92. The Morgan fingerprint density at radius 1 is 1.38 bits per heavy atom. The van der Waals surface area contributed by atoms with E-state index in [1.54, 1.807) is 0 Å². The molecular formula is C11H23NO. The molecule has 1 aliphatic carbocycles. The summed E-state index contributed by atoms with van der Waals surface area (Å²) in [6.45, 7) is 6.89. The largest absolute Gasteiger partial charge is 0.394 e. The molecule has 0 aromatic carbocycles. The lowest BCUT2D eigenvalue weighted by molar-refractivity contribution is 0.0981. The molecule has 0 spiro atoms. The average molecular weight is 185 g/mol. The van der Waals surface area contributed by atoms with Crippen molar-refractivity contribution in [2.45, 2.75) is 58.0 Å². The molecule has 78 valence electrons. The van der Waals surface area contributed by atoms with E-state index in [0.717, 1.165) is 18.8 Å². The van der Waals surface area contributed by atoms with Gasteiger partial charge in [-0.25, -0.2) is 0 Å². The fraction of sp³-hybridized carbons (Fsp3) is 1.00. The minimum absolute atomic E-state index is 0.0284. The van der Waals surface area contributed by atoms with E-state index >= 15 is 0 Å². The van der Waals surface area contributed by atoms with Gasteiger partial charge in [-0.2, -0.15) is 0 Å². The molecular weight excluding hydrogens is 162 g/mol. The number of nitrogens with one attached hydrogen (secondary N) is 1. The summed E-state index contributed by atoms with van der Waals surface area (Å²) in [6, 6.07) is 0.473. The summed E-state index contributed by atoms with van der Waals surface area (Å²) in [6.07, 6.45) is 4.76. The highest BCUT2D eigenvalue weighted by atomic mass is 16.3. The predicted molar refractivity (Wildman–Crippen MR) is 55.7 cm³/mol. The van der Waals surface area contributed by atoms with Gasteiger partial charge >= 0.3 is 0 Å². The van der Waals surface area contributed by atoms with Gasteiger partial charge in [-0.1, -0.05) is 20.8 Å². The van der Waals surface area contributed by atoms with Crippen LogP contribution in [-0.4, -0.2) is 23.3 Å². The van der Waals surface area contributed by atoms with Gasteiger partial charge in [0.1, 0.15) is 0 Å². The molecule has 2 heteroatoms. The summed E-state index contributed by atoms with van der Waals surface area (Å²) in [7, 11) is 0. The van der Waals surface area contributed by atoms with Crippen molar-refractivity contribution in [2.24, 2.45) is 5.92 Å². The Morgan fingerprint density at radius 3 is 2.31 bits per heavy atom. The second-order valence-electron chi connectivity index (χ2n) is 4.92. The summed E-state index contributed by atoms with van der Waals surface area (Å²) in [5.74, 6) is 0.841. The lowest BCUT2D eigenvalue weighted by Crippen LogP contribution is -2.53. The van der Waals surface area contributed by atoms with E-state index in [-0.39, 0.29) is 12.1 Å². The first-order chi connectivity index (χ1) is 6.08. The molecule has 1 saturated carbocycles. The maximum atomic E-state index is 9.41. The number of aliphatic hydroxyl groups is 1. The Labute approximate surface area is 81.7 Å². The highest BCUT2D eigenvalue weighted by Gasteiger charge is 2.33. The Morgan fingerprint density at radius 2 is 1.92 bits per heavy atom. The molecule has 2 N–H and O–H groups in total. The van der Waals surface area contributed by atoms with Crippen LogP contribution >= 0.6 is 0 Å². The molecule has 0 aromatic heterocycles. The van der Waals surface area contributed by atoms with Crippen LogP contribution in [0.15, 0.2) is 0 Å². The third-order valence-corrected chi connectivity index (χ3v) is 3.13. The fourth-order valence-corrected chi connectivity index (χ4v) is 2.28. The van der Waals surface area contributed by atoms with Crippen LogP contribution in [0.5, 0.6) is 0 Å². The zero-order chi connectivity index (χ0) is 9.90. The van der Waals surface area contributed by atoms with Gasteiger partial charge in [0, 0.05) is 11.6 Å². The molecule has 1 aliphatic rings. The van der Waals surface area contributed by atoms with E-state index in [9.17, 15) is 5.11 Å². The summed E-state index contributed by atoms with van der Waals surface area (Å²) < 4.78 is 0. The van der Waals surface area contributed by atoms with E-state index in [0.29, 0.717) is 6.04 Å². The van der Waals surface area contributed by atoms with Gasteiger partial charge in [0.15, 0.2) is 0 Å². The van der Waals surface area contributed by atoms with Gasteiger partial charge in [0.25, 0.3) is 0 Å². The van der Waals surface area contributed by atoms with Crippen LogP contribution in [0, 0.1) is 5.92 Å². The molecule has 0 amide bonds. The van der Waals surface area contributed by atoms with Crippen LogP contribution in [0.2, 0.25) is 0 Å². The van der Waals surface area contributed by atoms with Gasteiger partial charge in [-0.15, -0.1) is 0 Å². The van der Waals surface area contributed by atoms with Crippen LogP contribution in [-0.2, 0) is 0 Å². The van der Waals surface area contributed by atoms with E-state index in [1.165, 1.54) is 12.8 Å². The SMILES string of the molecule is CC1CCC(CO)(NC(C)C)CC1. The second kappa shape index (κ2) is 4.43. The lowest BCUT2D eigenvalue weighted by atomic mass is 9.77. The molecule has 13 heavy (non-hydrogen) atoms. The van der Waals surface area contributed by atoms with E-state index in [4.69, 9.17) is 0 Å². The van der Waals surface area contributed by atoms with Crippen molar-refractivity contribution >= 4 is 0 Å². The molecule has 0 radical (unpaired) electrons. The van der Waals surface area contributed by atoms with Crippen LogP contribution < -0.4 is 5.32 Å². The molecule has 0 heterocycles. The van der Waals surface area contributed by atoms with Crippen molar-refractivity contribution in [3.63, 3.8) is 0 Å². The number of aliphatic hydroxyl groups excluding tert-OH is 1. The Bertz CT molecular complexity index is 148. The summed E-state index contributed by atoms with van der Waals surface area (Å²) in [5, 5.41) is 12.9. The zero-order valence-electron chi connectivity index (χ0n) is 9.14. The molecule has 0 aliphatic heterocycles. The fourth-order valence-electron chi connectivity index (χ4n) is 2.28. The van der Waals surface area contributed by atoms with E-state index in [1.807, 2.05) is 0 Å². The van der Waals surface area contributed by atoms with Crippen molar-refractivity contribution in [2.75, 3.05) is 6.61 Å². The smallest absolute Gasteiger partial charge is 0.0613 e. The van der Waals surface area contributed by atoms with E-state index in [2.05, 4.69) is 26.1 Å². The molecule has 2 nitrogen and oxygen atoms in total. The van der Waals surface area contributed by atoms with Gasteiger partial charge in [0.2, 0.25) is 0 Å². The summed E-state index contributed by atoms with van der Waals surface area (Å²) >= 11 is 0. The first kappa shape index (κ1) is 11.0. The highest BCUT2D eigenvalue weighted by Crippen LogP contribution is 2.31. The quantitative estimate of drug-likeness (QED) is 0.704. The van der Waals surface area contributed by atoms with Gasteiger partial charge in [-0.05, 0) is 31.6 Å². The number of hydrogen-bond donors (Lipinski definition) is 2. The minimum Gasteiger partial charge on any atom is -0.394 e. The van der Waals surface area contributed by atoms with Gasteiger partial charge < -0.3 is 10.4 Å². The third kappa shape index (κ3) is 2.96. The van der Waals surface area contributed by atoms with Gasteiger partial charge in [-0.3, -0.25) is 0 Å². The molecule has 0 saturated heterocycles.